The van der Waals surface area contributed by atoms with E-state index in [1.807, 2.05) is 17.9 Å². The van der Waals surface area contributed by atoms with Crippen LogP contribution in [-0.4, -0.2) is 43.5 Å². The summed E-state index contributed by atoms with van der Waals surface area (Å²) >= 11 is 1.53. The van der Waals surface area contributed by atoms with Crippen molar-refractivity contribution >= 4 is 23.2 Å². The summed E-state index contributed by atoms with van der Waals surface area (Å²) in [6.07, 6.45) is 1.38. The Bertz CT molecular complexity index is 499. The minimum Gasteiger partial charge on any atom is -0.383 e. The number of carbonyl (C=O) groups excluding carboxylic acids is 2. The number of hydrogen-bond acceptors (Lipinski definition) is 4. The van der Waals surface area contributed by atoms with E-state index in [1.54, 1.807) is 7.11 Å². The molecule has 1 aliphatic heterocycles. The Balaban J connectivity index is 2.01. The Hall–Kier alpha value is -1.40. The Labute approximate surface area is 122 Å². The third-order valence-electron chi connectivity index (χ3n) is 3.34. The highest BCUT2D eigenvalue weighted by Gasteiger charge is 2.23. The van der Waals surface area contributed by atoms with Crippen molar-refractivity contribution in [3.63, 3.8) is 0 Å². The van der Waals surface area contributed by atoms with Crippen LogP contribution in [0.2, 0.25) is 0 Å². The largest absolute Gasteiger partial charge is 0.383 e. The van der Waals surface area contributed by atoms with Crippen LogP contribution in [0.3, 0.4) is 0 Å². The van der Waals surface area contributed by atoms with Crippen LogP contribution in [-0.2, 0) is 22.5 Å². The fourth-order valence-electron chi connectivity index (χ4n) is 2.24. The number of rotatable bonds is 5. The molecule has 0 aromatic carbocycles. The Morgan fingerprint density at radius 3 is 3.00 bits per heavy atom. The lowest BCUT2D eigenvalue weighted by atomic mass is 10.1. The van der Waals surface area contributed by atoms with Crippen LogP contribution in [0.15, 0.2) is 6.07 Å². The zero-order valence-electron chi connectivity index (χ0n) is 11.9. The summed E-state index contributed by atoms with van der Waals surface area (Å²) in [5.74, 6) is 0.114. The molecule has 2 heterocycles. The molecule has 1 aromatic heterocycles. The molecule has 6 heteroatoms. The summed E-state index contributed by atoms with van der Waals surface area (Å²) in [6.45, 7) is 4.28. The van der Waals surface area contributed by atoms with Gasteiger partial charge in [-0.1, -0.05) is 6.92 Å². The van der Waals surface area contributed by atoms with E-state index in [-0.39, 0.29) is 11.8 Å². The average Bonchev–Trinajstić information content (AvgIpc) is 2.89. The van der Waals surface area contributed by atoms with Crippen molar-refractivity contribution < 1.29 is 14.3 Å². The summed E-state index contributed by atoms with van der Waals surface area (Å²) in [6, 6.07) is 1.91. The van der Waals surface area contributed by atoms with Gasteiger partial charge in [-0.05, 0) is 18.1 Å². The first-order valence-corrected chi connectivity index (χ1v) is 7.63. The minimum atomic E-state index is -0.0604. The second-order valence-electron chi connectivity index (χ2n) is 4.73. The predicted molar refractivity (Wildman–Crippen MR) is 77.9 cm³/mol. The third kappa shape index (κ3) is 3.37. The van der Waals surface area contributed by atoms with E-state index in [2.05, 4.69) is 5.32 Å². The average molecular weight is 296 g/mol. The van der Waals surface area contributed by atoms with Gasteiger partial charge in [-0.2, -0.15) is 0 Å². The Morgan fingerprint density at radius 1 is 1.50 bits per heavy atom. The second kappa shape index (κ2) is 6.85. The standard InChI is InChI=1S/C14H20N2O3S/c1-3-13(17)16-6-4-11-10(9-16)8-12(20-11)14(18)15-5-7-19-2/h8H,3-7,9H2,1-2H3,(H,15,18). The van der Waals surface area contributed by atoms with Crippen LogP contribution in [0.4, 0.5) is 0 Å². The third-order valence-corrected chi connectivity index (χ3v) is 4.57. The number of nitrogens with one attached hydrogen (secondary N) is 1. The molecule has 0 atom stereocenters. The van der Waals surface area contributed by atoms with Gasteiger partial charge < -0.3 is 15.0 Å². The van der Waals surface area contributed by atoms with Crippen LogP contribution in [0.25, 0.3) is 0 Å². The number of hydrogen-bond donors (Lipinski definition) is 1. The lowest BCUT2D eigenvalue weighted by molar-refractivity contribution is -0.131. The highest BCUT2D eigenvalue weighted by Crippen LogP contribution is 2.28. The van der Waals surface area contributed by atoms with Crippen molar-refractivity contribution in [3.8, 4) is 0 Å². The molecule has 0 aliphatic carbocycles. The predicted octanol–water partition coefficient (Wildman–Crippen LogP) is 1.42. The number of carbonyl (C=O) groups is 2. The minimum absolute atomic E-state index is 0.0604. The molecule has 0 radical (unpaired) electrons. The molecule has 1 aliphatic rings. The smallest absolute Gasteiger partial charge is 0.261 e. The molecule has 0 fully saturated rings. The molecular formula is C14H20N2O3S. The number of thiophene rings is 1. The molecule has 0 bridgehead atoms. The van der Waals surface area contributed by atoms with Crippen LogP contribution >= 0.6 is 11.3 Å². The first-order valence-electron chi connectivity index (χ1n) is 6.82. The number of methoxy groups -OCH3 is 1. The maximum Gasteiger partial charge on any atom is 0.261 e. The molecule has 5 nitrogen and oxygen atoms in total. The van der Waals surface area contributed by atoms with Gasteiger partial charge >= 0.3 is 0 Å². The van der Waals surface area contributed by atoms with Crippen LogP contribution in [0, 0.1) is 0 Å². The van der Waals surface area contributed by atoms with Gasteiger partial charge in [0.1, 0.15) is 0 Å². The molecule has 110 valence electrons. The molecule has 2 amide bonds. The highest BCUT2D eigenvalue weighted by atomic mass is 32.1. The summed E-state index contributed by atoms with van der Waals surface area (Å²) < 4.78 is 4.91. The number of fused-ring (bicyclic) bond motifs is 1. The first-order chi connectivity index (χ1) is 9.65. The zero-order valence-corrected chi connectivity index (χ0v) is 12.7. The van der Waals surface area contributed by atoms with Crippen LogP contribution < -0.4 is 5.32 Å². The van der Waals surface area contributed by atoms with Gasteiger partial charge in [-0.15, -0.1) is 11.3 Å². The molecular weight excluding hydrogens is 276 g/mol. The quantitative estimate of drug-likeness (QED) is 0.836. The molecule has 2 rings (SSSR count). The SMILES string of the molecule is CCC(=O)N1CCc2sc(C(=O)NCCOC)cc2C1. The lowest BCUT2D eigenvalue weighted by Crippen LogP contribution is -2.34. The summed E-state index contributed by atoms with van der Waals surface area (Å²) in [7, 11) is 1.61. The molecule has 0 spiro atoms. The van der Waals surface area contributed by atoms with E-state index in [9.17, 15) is 9.59 Å². The van der Waals surface area contributed by atoms with Gasteiger partial charge in [0.25, 0.3) is 5.91 Å². The van der Waals surface area contributed by atoms with Crippen molar-refractivity contribution in [3.05, 3.63) is 21.4 Å². The molecule has 0 saturated carbocycles. The van der Waals surface area contributed by atoms with E-state index < -0.39 is 0 Å². The topological polar surface area (TPSA) is 58.6 Å². The van der Waals surface area contributed by atoms with Crippen molar-refractivity contribution in [2.75, 3.05) is 26.8 Å². The molecule has 20 heavy (non-hydrogen) atoms. The van der Waals surface area contributed by atoms with E-state index in [0.29, 0.717) is 26.1 Å². The number of nitrogens with zero attached hydrogens (tertiary/aromatic N) is 1. The second-order valence-corrected chi connectivity index (χ2v) is 5.86. The Kier molecular flexibility index (Phi) is 5.14. The van der Waals surface area contributed by atoms with Gasteiger partial charge in [0.2, 0.25) is 5.91 Å². The van der Waals surface area contributed by atoms with Crippen molar-refractivity contribution in [2.24, 2.45) is 0 Å². The maximum absolute atomic E-state index is 12.0. The zero-order chi connectivity index (χ0) is 14.5. The van der Waals surface area contributed by atoms with Crippen LogP contribution in [0.1, 0.15) is 33.5 Å². The van der Waals surface area contributed by atoms with Gasteiger partial charge in [0.05, 0.1) is 11.5 Å². The first kappa shape index (κ1) is 15.0. The monoisotopic (exact) mass is 296 g/mol. The number of amides is 2. The molecule has 0 unspecified atom stereocenters. The molecule has 0 saturated heterocycles. The van der Waals surface area contributed by atoms with Gasteiger partial charge in [0.15, 0.2) is 0 Å². The van der Waals surface area contributed by atoms with Gasteiger partial charge in [0, 0.05) is 38.0 Å². The maximum atomic E-state index is 12.0. The summed E-state index contributed by atoms with van der Waals surface area (Å²) in [5, 5.41) is 2.82. The van der Waals surface area contributed by atoms with Gasteiger partial charge in [-0.3, -0.25) is 9.59 Å². The summed E-state index contributed by atoms with van der Waals surface area (Å²) in [5.41, 5.74) is 1.11. The Morgan fingerprint density at radius 2 is 2.30 bits per heavy atom. The molecule has 1 N–H and O–H groups in total. The highest BCUT2D eigenvalue weighted by molar-refractivity contribution is 7.14. The van der Waals surface area contributed by atoms with E-state index in [4.69, 9.17) is 4.74 Å². The van der Waals surface area contributed by atoms with Crippen molar-refractivity contribution in [2.45, 2.75) is 26.3 Å². The van der Waals surface area contributed by atoms with Gasteiger partial charge in [-0.25, -0.2) is 0 Å². The van der Waals surface area contributed by atoms with E-state index in [1.165, 1.54) is 16.2 Å². The van der Waals surface area contributed by atoms with Crippen molar-refractivity contribution in [1.82, 2.24) is 10.2 Å². The van der Waals surface area contributed by atoms with E-state index >= 15 is 0 Å². The fourth-order valence-corrected chi connectivity index (χ4v) is 3.31. The summed E-state index contributed by atoms with van der Waals surface area (Å²) in [4.78, 5) is 27.5. The van der Waals surface area contributed by atoms with E-state index in [0.717, 1.165) is 23.4 Å². The molecule has 1 aromatic rings. The van der Waals surface area contributed by atoms with Crippen LogP contribution in [0.5, 0.6) is 0 Å². The lowest BCUT2D eigenvalue weighted by Gasteiger charge is -2.26. The normalized spacial score (nSPS) is 14.0. The fraction of sp³-hybridized carbons (Fsp3) is 0.571. The van der Waals surface area contributed by atoms with Crippen molar-refractivity contribution in [1.29, 1.82) is 0 Å². The number of ether oxygens (including phenoxy) is 1.